The Bertz CT molecular complexity index is 1640. The lowest BCUT2D eigenvalue weighted by atomic mass is 9.90. The molecule has 5 aliphatic rings. The van der Waals surface area contributed by atoms with Gasteiger partial charge in [-0.25, -0.2) is 17.6 Å². The summed E-state index contributed by atoms with van der Waals surface area (Å²) in [7, 11) is -3.91. The number of sulfonamides is 1. The van der Waals surface area contributed by atoms with E-state index in [-0.39, 0.29) is 36.6 Å². The number of rotatable bonds is 5. The molecular weight excluding hydrogens is 652 g/mol. The van der Waals surface area contributed by atoms with Crippen molar-refractivity contribution in [2.24, 2.45) is 17.6 Å². The lowest BCUT2D eigenvalue weighted by molar-refractivity contribution is -0.141. The van der Waals surface area contributed by atoms with Gasteiger partial charge in [0, 0.05) is 23.9 Å². The summed E-state index contributed by atoms with van der Waals surface area (Å²) in [5.41, 5.74) is 4.97. The van der Waals surface area contributed by atoms with E-state index in [1.54, 1.807) is 6.07 Å². The summed E-state index contributed by atoms with van der Waals surface area (Å²) in [5, 5.41) is 15.0. The van der Waals surface area contributed by atoms with Gasteiger partial charge in [0.1, 0.15) is 23.4 Å². The molecule has 47 heavy (non-hydrogen) atoms. The molecule has 3 fully saturated rings. The molecule has 16 heteroatoms. The number of fused-ring (bicyclic) bond motifs is 3. The summed E-state index contributed by atoms with van der Waals surface area (Å²) in [6, 6.07) is 1.58. The van der Waals surface area contributed by atoms with E-state index in [9.17, 15) is 37.1 Å². The van der Waals surface area contributed by atoms with Crippen molar-refractivity contribution in [3.05, 3.63) is 47.3 Å². The summed E-state index contributed by atoms with van der Waals surface area (Å²) in [4.78, 5) is 56.9. The zero-order chi connectivity index (χ0) is 33.7. The van der Waals surface area contributed by atoms with Gasteiger partial charge in [-0.3, -0.25) is 24.0 Å². The fraction of sp³-hybridized carbons (Fsp3) is 0.581. The van der Waals surface area contributed by atoms with Gasteiger partial charge in [0.15, 0.2) is 5.11 Å². The lowest BCUT2D eigenvalue weighted by Crippen LogP contribution is -2.58. The molecule has 1 aromatic rings. The third-order valence-corrected chi connectivity index (χ3v) is 12.0. The minimum absolute atomic E-state index is 0.0142. The Morgan fingerprint density at radius 1 is 1.15 bits per heavy atom. The summed E-state index contributed by atoms with van der Waals surface area (Å²) < 4.78 is 42.4. The fourth-order valence-corrected chi connectivity index (χ4v) is 8.89. The predicted octanol–water partition coefficient (Wildman–Crippen LogP) is 1.78. The molecule has 0 spiro atoms. The van der Waals surface area contributed by atoms with Crippen molar-refractivity contribution < 1.29 is 37.1 Å². The Morgan fingerprint density at radius 2 is 1.91 bits per heavy atom. The maximum absolute atomic E-state index is 14.8. The highest BCUT2D eigenvalue weighted by atomic mass is 32.2. The smallest absolute Gasteiger partial charge is 0.408 e. The first-order chi connectivity index (χ1) is 22.3. The number of hydrogen-bond donors (Lipinski definition) is 5. The number of nitrogens with one attached hydrogen (secondary N) is 3. The van der Waals surface area contributed by atoms with E-state index in [1.807, 2.05) is 12.2 Å². The van der Waals surface area contributed by atoms with Crippen molar-refractivity contribution in [1.29, 1.82) is 0 Å². The SMILES string of the molecule is NC(=S)N[C@H]1CCCCC/C=C\[C@@H]2C[C@@]2(C(=O)NS(=O)(=O)C2CC2)NC(=O)[C@@H]2C[C@@H](C3c4cccc(F)c4CN3C(=O)O)CN2C1=O. The van der Waals surface area contributed by atoms with E-state index in [0.29, 0.717) is 37.7 Å². The molecule has 0 radical (unpaired) electrons. The van der Waals surface area contributed by atoms with Crippen LogP contribution in [0.4, 0.5) is 9.18 Å². The number of benzene rings is 1. The second kappa shape index (κ2) is 12.7. The van der Waals surface area contributed by atoms with Crippen LogP contribution in [0.3, 0.4) is 0 Å². The van der Waals surface area contributed by atoms with E-state index < -0.39 is 80.4 Å². The quantitative estimate of drug-likeness (QED) is 0.225. The van der Waals surface area contributed by atoms with Crippen LogP contribution in [-0.2, 0) is 31.0 Å². The van der Waals surface area contributed by atoms with Crippen molar-refractivity contribution in [1.82, 2.24) is 25.2 Å². The molecule has 0 bridgehead atoms. The monoisotopic (exact) mass is 690 g/mol. The van der Waals surface area contributed by atoms with Crippen LogP contribution in [0.1, 0.15) is 75.0 Å². The maximum atomic E-state index is 14.8. The molecule has 0 aromatic heterocycles. The maximum Gasteiger partial charge on any atom is 0.408 e. The molecule has 3 aliphatic heterocycles. The van der Waals surface area contributed by atoms with E-state index >= 15 is 0 Å². The van der Waals surface area contributed by atoms with Crippen LogP contribution in [0.5, 0.6) is 0 Å². The molecule has 4 amide bonds. The molecule has 3 heterocycles. The third-order valence-electron chi connectivity index (χ3n) is 10.1. The van der Waals surface area contributed by atoms with Gasteiger partial charge in [-0.1, -0.05) is 37.1 Å². The van der Waals surface area contributed by atoms with Crippen LogP contribution in [0, 0.1) is 17.7 Å². The van der Waals surface area contributed by atoms with E-state index in [0.717, 1.165) is 17.7 Å². The van der Waals surface area contributed by atoms with Crippen LogP contribution >= 0.6 is 12.2 Å². The molecule has 1 unspecified atom stereocenters. The highest BCUT2D eigenvalue weighted by Crippen LogP contribution is 2.48. The van der Waals surface area contributed by atoms with E-state index in [1.165, 1.54) is 17.0 Å². The molecule has 2 aliphatic carbocycles. The van der Waals surface area contributed by atoms with Crippen LogP contribution < -0.4 is 21.1 Å². The Morgan fingerprint density at radius 3 is 2.62 bits per heavy atom. The van der Waals surface area contributed by atoms with Gasteiger partial charge < -0.3 is 26.4 Å². The number of carbonyl (C=O) groups excluding carboxylic acids is 3. The highest BCUT2D eigenvalue weighted by molar-refractivity contribution is 7.91. The van der Waals surface area contributed by atoms with Crippen molar-refractivity contribution in [3.8, 4) is 0 Å². The Balaban J connectivity index is 1.35. The minimum atomic E-state index is -3.91. The zero-order valence-corrected chi connectivity index (χ0v) is 27.3. The molecule has 254 valence electrons. The Labute approximate surface area is 277 Å². The number of carboxylic acid groups (broad SMARTS) is 1. The highest BCUT2D eigenvalue weighted by Gasteiger charge is 2.62. The van der Waals surface area contributed by atoms with Crippen molar-refractivity contribution >= 4 is 51.2 Å². The van der Waals surface area contributed by atoms with Gasteiger partial charge in [0.25, 0.3) is 5.91 Å². The van der Waals surface area contributed by atoms with Gasteiger partial charge >= 0.3 is 6.09 Å². The molecule has 6 N–H and O–H groups in total. The molecule has 1 saturated heterocycles. The molecular formula is C31H39FN6O7S2. The Hall–Kier alpha value is -3.79. The molecule has 1 aromatic carbocycles. The van der Waals surface area contributed by atoms with E-state index in [4.69, 9.17) is 18.0 Å². The molecule has 13 nitrogen and oxygen atoms in total. The minimum Gasteiger partial charge on any atom is -0.465 e. The van der Waals surface area contributed by atoms with Crippen LogP contribution in [0.25, 0.3) is 0 Å². The average Bonchev–Trinajstić information content (AvgIpc) is 3.89. The lowest BCUT2D eigenvalue weighted by Gasteiger charge is -2.30. The predicted molar refractivity (Wildman–Crippen MR) is 171 cm³/mol. The second-order valence-electron chi connectivity index (χ2n) is 13.2. The second-order valence-corrected chi connectivity index (χ2v) is 15.6. The first kappa shape index (κ1) is 33.1. The number of hydrogen-bond acceptors (Lipinski definition) is 7. The van der Waals surface area contributed by atoms with Crippen molar-refractivity contribution in [2.75, 3.05) is 6.54 Å². The molecule has 6 rings (SSSR count). The number of amides is 4. The van der Waals surface area contributed by atoms with Gasteiger partial charge in [0.2, 0.25) is 21.8 Å². The summed E-state index contributed by atoms with van der Waals surface area (Å²) in [5.74, 6) is -3.55. The summed E-state index contributed by atoms with van der Waals surface area (Å²) >= 11 is 5.06. The zero-order valence-electron chi connectivity index (χ0n) is 25.7. The van der Waals surface area contributed by atoms with Gasteiger partial charge in [-0.15, -0.1) is 0 Å². The first-order valence-corrected chi connectivity index (χ1v) is 18.0. The third kappa shape index (κ3) is 6.53. The van der Waals surface area contributed by atoms with Gasteiger partial charge in [-0.05, 0) is 68.8 Å². The van der Waals surface area contributed by atoms with Gasteiger partial charge in [-0.2, -0.15) is 0 Å². The van der Waals surface area contributed by atoms with Crippen molar-refractivity contribution in [2.45, 2.75) is 93.2 Å². The number of nitrogens with two attached hydrogens (primary N) is 1. The number of thiocarbonyl (C=S) groups is 1. The first-order valence-electron chi connectivity index (χ1n) is 16.0. The number of nitrogens with zero attached hydrogens (tertiary/aromatic N) is 2. The average molecular weight is 691 g/mol. The number of halogens is 1. The van der Waals surface area contributed by atoms with E-state index in [2.05, 4.69) is 15.4 Å². The number of carbonyl (C=O) groups is 4. The topological polar surface area (TPSA) is 191 Å². The van der Waals surface area contributed by atoms with Crippen molar-refractivity contribution in [3.63, 3.8) is 0 Å². The fourth-order valence-electron chi connectivity index (χ4n) is 7.38. The summed E-state index contributed by atoms with van der Waals surface area (Å²) in [6.07, 6.45) is 6.90. The normalized spacial score (nSPS) is 31.7. The van der Waals surface area contributed by atoms with Crippen LogP contribution in [0.2, 0.25) is 0 Å². The number of allylic oxidation sites excluding steroid dienone is 1. The molecule has 6 atom stereocenters. The molecule has 2 saturated carbocycles. The Kier molecular flexibility index (Phi) is 8.93. The van der Waals surface area contributed by atoms with Gasteiger partial charge in [0.05, 0.1) is 17.8 Å². The van der Waals surface area contributed by atoms with Crippen LogP contribution in [-0.4, -0.2) is 81.7 Å². The largest absolute Gasteiger partial charge is 0.465 e. The van der Waals surface area contributed by atoms with Crippen LogP contribution in [0.15, 0.2) is 30.4 Å². The standard InChI is InChI=1S/C31H39FN6O7S2/c32-22-9-6-8-20-21(22)16-38(30(42)43)25(20)17-13-24-26(39)35-31(28(41)36-47(44,45)19-11-12-19)14-18(31)7-4-2-1-3-5-10-23(34-29(33)46)27(40)37(24)15-17/h4,6-9,17-19,23-25H,1-3,5,10-16H2,(H,35,39)(H,36,41)(H,42,43)(H3,33,34,46)/b7-4-/t17-,18-,23+,24+,25?,31-/m1/s1. The summed E-state index contributed by atoms with van der Waals surface area (Å²) in [6.45, 7) is -0.211.